The van der Waals surface area contributed by atoms with Gasteiger partial charge in [0.1, 0.15) is 5.75 Å². The Balaban J connectivity index is 1.76. The van der Waals surface area contributed by atoms with Crippen LogP contribution in [0, 0.1) is 0 Å². The summed E-state index contributed by atoms with van der Waals surface area (Å²) >= 11 is 0. The summed E-state index contributed by atoms with van der Waals surface area (Å²) in [6.07, 6.45) is 1.72. The topological polar surface area (TPSA) is 58.6 Å². The maximum atomic E-state index is 12.2. The third-order valence-corrected chi connectivity index (χ3v) is 4.16. The van der Waals surface area contributed by atoms with Crippen molar-refractivity contribution < 1.29 is 14.3 Å². The minimum Gasteiger partial charge on any atom is -0.497 e. The van der Waals surface area contributed by atoms with Crippen LogP contribution in [0.15, 0.2) is 54.6 Å². The highest BCUT2D eigenvalue weighted by Gasteiger charge is 2.13. The molecular weight excluding hydrogens is 328 g/mol. The number of rotatable bonds is 9. The second kappa shape index (κ2) is 10.2. The number of carbonyl (C=O) groups is 2. The quantitative estimate of drug-likeness (QED) is 0.753. The van der Waals surface area contributed by atoms with Gasteiger partial charge in [-0.1, -0.05) is 42.5 Å². The molecule has 26 heavy (non-hydrogen) atoms. The van der Waals surface area contributed by atoms with E-state index in [1.54, 1.807) is 12.0 Å². The van der Waals surface area contributed by atoms with Crippen molar-refractivity contribution in [3.63, 3.8) is 0 Å². The van der Waals surface area contributed by atoms with Crippen molar-refractivity contribution in [3.05, 3.63) is 65.7 Å². The first-order valence-corrected chi connectivity index (χ1v) is 8.77. The lowest BCUT2D eigenvalue weighted by Crippen LogP contribution is -2.40. The van der Waals surface area contributed by atoms with Gasteiger partial charge in [-0.05, 0) is 36.1 Å². The molecule has 0 aliphatic rings. The number of benzene rings is 2. The van der Waals surface area contributed by atoms with Crippen molar-refractivity contribution in [1.82, 2.24) is 10.2 Å². The standard InChI is InChI=1S/C21H26N2O3/c1-17(24)23(14-6-9-18-7-4-3-5-8-18)16-21(25)22-15-19-10-12-20(26-2)13-11-19/h3-5,7-8,10-13H,6,9,14-16H2,1-2H3,(H,22,25). The van der Waals surface area contributed by atoms with E-state index in [9.17, 15) is 9.59 Å². The van der Waals surface area contributed by atoms with Crippen LogP contribution in [0.1, 0.15) is 24.5 Å². The number of nitrogens with zero attached hydrogens (tertiary/aromatic N) is 1. The summed E-state index contributed by atoms with van der Waals surface area (Å²) in [6, 6.07) is 17.6. The van der Waals surface area contributed by atoms with Crippen molar-refractivity contribution in [2.24, 2.45) is 0 Å². The molecule has 5 heteroatoms. The van der Waals surface area contributed by atoms with Gasteiger partial charge in [-0.3, -0.25) is 9.59 Å². The number of hydrogen-bond acceptors (Lipinski definition) is 3. The van der Waals surface area contributed by atoms with Gasteiger partial charge in [0.05, 0.1) is 13.7 Å². The number of hydrogen-bond donors (Lipinski definition) is 1. The van der Waals surface area contributed by atoms with Crippen LogP contribution in [0.5, 0.6) is 5.75 Å². The molecular formula is C21H26N2O3. The molecule has 5 nitrogen and oxygen atoms in total. The fourth-order valence-corrected chi connectivity index (χ4v) is 2.64. The second-order valence-corrected chi connectivity index (χ2v) is 6.15. The summed E-state index contributed by atoms with van der Waals surface area (Å²) in [5, 5.41) is 2.86. The minimum atomic E-state index is -0.157. The van der Waals surface area contributed by atoms with E-state index < -0.39 is 0 Å². The fraction of sp³-hybridized carbons (Fsp3) is 0.333. The lowest BCUT2D eigenvalue weighted by Gasteiger charge is -2.20. The predicted molar refractivity (Wildman–Crippen MR) is 102 cm³/mol. The van der Waals surface area contributed by atoms with E-state index in [1.165, 1.54) is 12.5 Å². The van der Waals surface area contributed by atoms with Crippen LogP contribution in [0.3, 0.4) is 0 Å². The number of methoxy groups -OCH3 is 1. The molecule has 1 N–H and O–H groups in total. The SMILES string of the molecule is COc1ccc(CNC(=O)CN(CCCc2ccccc2)C(C)=O)cc1. The van der Waals surface area contributed by atoms with Crippen LogP contribution in [0.25, 0.3) is 0 Å². The van der Waals surface area contributed by atoms with E-state index in [-0.39, 0.29) is 18.4 Å². The van der Waals surface area contributed by atoms with E-state index in [1.807, 2.05) is 42.5 Å². The average Bonchev–Trinajstić information content (AvgIpc) is 2.66. The molecule has 0 aromatic heterocycles. The molecule has 0 saturated heterocycles. The van der Waals surface area contributed by atoms with Gasteiger partial charge in [0, 0.05) is 20.0 Å². The van der Waals surface area contributed by atoms with E-state index in [4.69, 9.17) is 4.74 Å². The zero-order valence-corrected chi connectivity index (χ0v) is 15.4. The number of nitrogens with one attached hydrogen (secondary N) is 1. The molecule has 2 rings (SSSR count). The summed E-state index contributed by atoms with van der Waals surface area (Å²) in [5.74, 6) is 0.537. The summed E-state index contributed by atoms with van der Waals surface area (Å²) in [6.45, 7) is 2.58. The first kappa shape index (κ1) is 19.5. The monoisotopic (exact) mass is 354 g/mol. The van der Waals surface area contributed by atoms with Crippen LogP contribution in [-0.4, -0.2) is 36.9 Å². The zero-order valence-electron chi connectivity index (χ0n) is 15.4. The Kier molecular flexibility index (Phi) is 7.68. The molecule has 0 heterocycles. The first-order chi connectivity index (χ1) is 12.6. The van der Waals surface area contributed by atoms with Crippen LogP contribution in [-0.2, 0) is 22.6 Å². The maximum Gasteiger partial charge on any atom is 0.239 e. The summed E-state index contributed by atoms with van der Waals surface area (Å²) in [5.41, 5.74) is 2.22. The summed E-state index contributed by atoms with van der Waals surface area (Å²) in [4.78, 5) is 25.5. The van der Waals surface area contributed by atoms with E-state index in [0.29, 0.717) is 13.1 Å². The van der Waals surface area contributed by atoms with Crippen LogP contribution < -0.4 is 10.1 Å². The van der Waals surface area contributed by atoms with Crippen molar-refractivity contribution in [2.45, 2.75) is 26.3 Å². The highest BCUT2D eigenvalue weighted by Crippen LogP contribution is 2.11. The van der Waals surface area contributed by atoms with Gasteiger partial charge in [-0.25, -0.2) is 0 Å². The van der Waals surface area contributed by atoms with Gasteiger partial charge in [-0.15, -0.1) is 0 Å². The zero-order chi connectivity index (χ0) is 18.8. The number of ether oxygens (including phenoxy) is 1. The Hall–Kier alpha value is -2.82. The number of aryl methyl sites for hydroxylation is 1. The Morgan fingerprint density at radius 3 is 2.31 bits per heavy atom. The second-order valence-electron chi connectivity index (χ2n) is 6.15. The van der Waals surface area contributed by atoms with Crippen LogP contribution >= 0.6 is 0 Å². The van der Waals surface area contributed by atoms with E-state index >= 15 is 0 Å². The van der Waals surface area contributed by atoms with E-state index in [0.717, 1.165) is 24.2 Å². The summed E-state index contributed by atoms with van der Waals surface area (Å²) < 4.78 is 5.11. The van der Waals surface area contributed by atoms with Gasteiger partial charge < -0.3 is 15.0 Å². The molecule has 0 bridgehead atoms. The lowest BCUT2D eigenvalue weighted by molar-refractivity contribution is -0.134. The molecule has 0 aliphatic carbocycles. The maximum absolute atomic E-state index is 12.2. The lowest BCUT2D eigenvalue weighted by atomic mass is 10.1. The minimum absolute atomic E-state index is 0.0836. The Morgan fingerprint density at radius 1 is 1.00 bits per heavy atom. The first-order valence-electron chi connectivity index (χ1n) is 8.77. The normalized spacial score (nSPS) is 10.2. The number of amides is 2. The van der Waals surface area contributed by atoms with Gasteiger partial charge in [0.2, 0.25) is 11.8 Å². The molecule has 2 amide bonds. The van der Waals surface area contributed by atoms with Gasteiger partial charge in [0.15, 0.2) is 0 Å². The third-order valence-electron chi connectivity index (χ3n) is 4.16. The Bertz CT molecular complexity index is 699. The van der Waals surface area contributed by atoms with Crippen molar-refractivity contribution >= 4 is 11.8 Å². The third kappa shape index (κ3) is 6.59. The Morgan fingerprint density at radius 2 is 1.69 bits per heavy atom. The van der Waals surface area contributed by atoms with Gasteiger partial charge in [0.25, 0.3) is 0 Å². The number of carbonyl (C=O) groups excluding carboxylic acids is 2. The molecule has 0 spiro atoms. The van der Waals surface area contributed by atoms with Crippen LogP contribution in [0.4, 0.5) is 0 Å². The molecule has 0 fully saturated rings. The molecule has 2 aromatic carbocycles. The van der Waals surface area contributed by atoms with Crippen molar-refractivity contribution in [2.75, 3.05) is 20.2 Å². The van der Waals surface area contributed by atoms with Crippen molar-refractivity contribution in [3.8, 4) is 5.75 Å². The van der Waals surface area contributed by atoms with Gasteiger partial charge >= 0.3 is 0 Å². The molecule has 138 valence electrons. The molecule has 0 aliphatic heterocycles. The van der Waals surface area contributed by atoms with Gasteiger partial charge in [-0.2, -0.15) is 0 Å². The fourth-order valence-electron chi connectivity index (χ4n) is 2.64. The molecule has 2 aromatic rings. The smallest absolute Gasteiger partial charge is 0.239 e. The molecule has 0 atom stereocenters. The predicted octanol–water partition coefficient (Wildman–Crippen LogP) is 2.79. The largest absolute Gasteiger partial charge is 0.497 e. The Labute approximate surface area is 155 Å². The molecule has 0 unspecified atom stereocenters. The van der Waals surface area contributed by atoms with Crippen LogP contribution in [0.2, 0.25) is 0 Å². The van der Waals surface area contributed by atoms with E-state index in [2.05, 4.69) is 17.4 Å². The van der Waals surface area contributed by atoms with Crippen molar-refractivity contribution in [1.29, 1.82) is 0 Å². The highest BCUT2D eigenvalue weighted by atomic mass is 16.5. The highest BCUT2D eigenvalue weighted by molar-refractivity contribution is 5.83. The average molecular weight is 354 g/mol. The molecule has 0 radical (unpaired) electrons. The molecule has 0 saturated carbocycles. The summed E-state index contributed by atoms with van der Waals surface area (Å²) in [7, 11) is 1.62.